The van der Waals surface area contributed by atoms with Crippen LogP contribution in [0.1, 0.15) is 23.3 Å². The first-order valence-electron chi connectivity index (χ1n) is 8.59. The van der Waals surface area contributed by atoms with E-state index in [1.54, 1.807) is 12.1 Å². The zero-order valence-corrected chi connectivity index (χ0v) is 13.9. The second-order valence-electron chi connectivity index (χ2n) is 6.03. The largest absolute Gasteiger partial charge is 0.379 e. The van der Waals surface area contributed by atoms with Gasteiger partial charge < -0.3 is 20.1 Å². The van der Waals surface area contributed by atoms with Crippen molar-refractivity contribution in [2.24, 2.45) is 0 Å². The molecule has 0 aliphatic carbocycles. The molecule has 1 amide bonds. The Bertz CT molecular complexity index is 513. The molecule has 0 saturated carbocycles. The van der Waals surface area contributed by atoms with Crippen LogP contribution in [0.5, 0.6) is 0 Å². The van der Waals surface area contributed by atoms with Gasteiger partial charge in [-0.05, 0) is 25.0 Å². The number of anilines is 1. The molecule has 0 radical (unpaired) electrons. The number of rotatable bonds is 7. The average Bonchev–Trinajstić information content (AvgIpc) is 3.15. The number of aromatic nitrogens is 2. The number of carbonyl (C=O) groups is 1. The van der Waals surface area contributed by atoms with Crippen molar-refractivity contribution in [3.8, 4) is 0 Å². The Hall–Kier alpha value is -1.77. The number of ether oxygens (including phenoxy) is 2. The Morgan fingerprint density at radius 3 is 2.83 bits per heavy atom. The van der Waals surface area contributed by atoms with Crippen LogP contribution < -0.4 is 10.6 Å². The van der Waals surface area contributed by atoms with Gasteiger partial charge in [-0.25, -0.2) is 0 Å². The van der Waals surface area contributed by atoms with Gasteiger partial charge >= 0.3 is 0 Å². The highest BCUT2D eigenvalue weighted by Gasteiger charge is 2.15. The summed E-state index contributed by atoms with van der Waals surface area (Å²) in [5.41, 5.74) is 0.333. The number of nitrogens with zero attached hydrogens (tertiary/aromatic N) is 3. The van der Waals surface area contributed by atoms with Gasteiger partial charge in [0.15, 0.2) is 5.69 Å². The lowest BCUT2D eigenvalue weighted by Crippen LogP contribution is -2.41. The van der Waals surface area contributed by atoms with Crippen molar-refractivity contribution in [2.75, 3.05) is 57.9 Å². The van der Waals surface area contributed by atoms with Crippen LogP contribution in [0.3, 0.4) is 0 Å². The molecule has 132 valence electrons. The highest BCUT2D eigenvalue weighted by molar-refractivity contribution is 5.92. The minimum absolute atomic E-state index is 0.193. The zero-order chi connectivity index (χ0) is 16.6. The standard InChI is InChI=1S/C16H25N5O3/c22-16(17-5-6-21-7-10-23-11-8-21)14-3-4-15(20-19-14)18-12-13-2-1-9-24-13/h3-4,13H,1-2,5-12H2,(H,17,22)(H,18,20). The van der Waals surface area contributed by atoms with E-state index in [1.165, 1.54) is 0 Å². The van der Waals surface area contributed by atoms with Crippen LogP contribution in [0, 0.1) is 0 Å². The summed E-state index contributed by atoms with van der Waals surface area (Å²) in [7, 11) is 0. The number of carbonyl (C=O) groups excluding carboxylic acids is 1. The third-order valence-corrected chi connectivity index (χ3v) is 4.25. The van der Waals surface area contributed by atoms with E-state index >= 15 is 0 Å². The molecule has 1 unspecified atom stereocenters. The lowest BCUT2D eigenvalue weighted by atomic mass is 10.2. The van der Waals surface area contributed by atoms with E-state index < -0.39 is 0 Å². The van der Waals surface area contributed by atoms with E-state index in [0.717, 1.165) is 58.8 Å². The van der Waals surface area contributed by atoms with Gasteiger partial charge in [-0.1, -0.05) is 0 Å². The van der Waals surface area contributed by atoms with Crippen LogP contribution in [0.2, 0.25) is 0 Å². The van der Waals surface area contributed by atoms with Gasteiger partial charge in [-0.3, -0.25) is 9.69 Å². The molecule has 2 fully saturated rings. The van der Waals surface area contributed by atoms with Gasteiger partial charge in [0.25, 0.3) is 5.91 Å². The second-order valence-corrected chi connectivity index (χ2v) is 6.03. The summed E-state index contributed by atoms with van der Waals surface area (Å²) in [5, 5.41) is 14.1. The van der Waals surface area contributed by atoms with Crippen molar-refractivity contribution in [3.05, 3.63) is 17.8 Å². The first kappa shape index (κ1) is 17.1. The normalized spacial score (nSPS) is 21.6. The van der Waals surface area contributed by atoms with E-state index in [-0.39, 0.29) is 12.0 Å². The highest BCUT2D eigenvalue weighted by Crippen LogP contribution is 2.12. The van der Waals surface area contributed by atoms with Crippen LogP contribution >= 0.6 is 0 Å². The van der Waals surface area contributed by atoms with E-state index in [1.807, 2.05) is 0 Å². The molecule has 24 heavy (non-hydrogen) atoms. The minimum atomic E-state index is -0.193. The minimum Gasteiger partial charge on any atom is -0.379 e. The Labute approximate surface area is 141 Å². The Kier molecular flexibility index (Phi) is 6.33. The van der Waals surface area contributed by atoms with Gasteiger partial charge in [0.2, 0.25) is 0 Å². The Morgan fingerprint density at radius 2 is 2.12 bits per heavy atom. The summed E-state index contributed by atoms with van der Waals surface area (Å²) in [6.45, 7) is 6.34. The lowest BCUT2D eigenvalue weighted by Gasteiger charge is -2.26. The van der Waals surface area contributed by atoms with Crippen molar-refractivity contribution >= 4 is 11.7 Å². The Morgan fingerprint density at radius 1 is 1.25 bits per heavy atom. The molecular formula is C16H25N5O3. The van der Waals surface area contributed by atoms with Crippen molar-refractivity contribution in [1.82, 2.24) is 20.4 Å². The fraction of sp³-hybridized carbons (Fsp3) is 0.688. The van der Waals surface area contributed by atoms with Crippen LogP contribution in [-0.4, -0.2) is 79.7 Å². The smallest absolute Gasteiger partial charge is 0.271 e. The van der Waals surface area contributed by atoms with Gasteiger partial charge in [0.05, 0.1) is 19.3 Å². The number of hydrogen-bond donors (Lipinski definition) is 2. The summed E-state index contributed by atoms with van der Waals surface area (Å²) in [6.07, 6.45) is 2.43. The summed E-state index contributed by atoms with van der Waals surface area (Å²) in [6, 6.07) is 3.47. The molecule has 2 N–H and O–H groups in total. The predicted molar refractivity (Wildman–Crippen MR) is 89.1 cm³/mol. The molecule has 3 heterocycles. The van der Waals surface area contributed by atoms with Crippen LogP contribution in [-0.2, 0) is 9.47 Å². The zero-order valence-electron chi connectivity index (χ0n) is 13.9. The van der Waals surface area contributed by atoms with Crippen molar-refractivity contribution < 1.29 is 14.3 Å². The second kappa shape index (κ2) is 8.91. The lowest BCUT2D eigenvalue weighted by molar-refractivity contribution is 0.0383. The fourth-order valence-corrected chi connectivity index (χ4v) is 2.81. The number of morpholine rings is 1. The van der Waals surface area contributed by atoms with Crippen LogP contribution in [0.25, 0.3) is 0 Å². The topological polar surface area (TPSA) is 88.6 Å². The quantitative estimate of drug-likeness (QED) is 0.732. The number of amides is 1. The van der Waals surface area contributed by atoms with Crippen LogP contribution in [0.15, 0.2) is 12.1 Å². The monoisotopic (exact) mass is 335 g/mol. The molecule has 1 aromatic rings. The maximum Gasteiger partial charge on any atom is 0.271 e. The molecule has 0 bridgehead atoms. The highest BCUT2D eigenvalue weighted by atomic mass is 16.5. The van der Waals surface area contributed by atoms with Gasteiger partial charge in [0, 0.05) is 39.3 Å². The molecule has 3 rings (SSSR count). The number of hydrogen-bond acceptors (Lipinski definition) is 7. The van der Waals surface area contributed by atoms with E-state index in [0.29, 0.717) is 18.1 Å². The molecular weight excluding hydrogens is 310 g/mol. The molecule has 1 aromatic heterocycles. The number of nitrogens with one attached hydrogen (secondary N) is 2. The Balaban J connectivity index is 1.38. The molecule has 0 aromatic carbocycles. The first-order valence-corrected chi connectivity index (χ1v) is 8.59. The van der Waals surface area contributed by atoms with Crippen molar-refractivity contribution in [2.45, 2.75) is 18.9 Å². The summed E-state index contributed by atoms with van der Waals surface area (Å²) >= 11 is 0. The van der Waals surface area contributed by atoms with E-state index in [9.17, 15) is 4.79 Å². The maximum atomic E-state index is 12.1. The first-order chi connectivity index (χ1) is 11.8. The summed E-state index contributed by atoms with van der Waals surface area (Å²) in [4.78, 5) is 14.3. The van der Waals surface area contributed by atoms with Crippen molar-refractivity contribution in [3.63, 3.8) is 0 Å². The third-order valence-electron chi connectivity index (χ3n) is 4.25. The van der Waals surface area contributed by atoms with Gasteiger partial charge in [0.1, 0.15) is 5.82 Å². The molecule has 2 aliphatic rings. The molecule has 2 saturated heterocycles. The molecule has 8 heteroatoms. The summed E-state index contributed by atoms with van der Waals surface area (Å²) < 4.78 is 10.8. The van der Waals surface area contributed by atoms with E-state index in [4.69, 9.17) is 9.47 Å². The molecule has 0 spiro atoms. The predicted octanol–water partition coefficient (Wildman–Crippen LogP) is 0.130. The summed E-state index contributed by atoms with van der Waals surface area (Å²) in [5.74, 6) is 0.469. The average molecular weight is 335 g/mol. The fourth-order valence-electron chi connectivity index (χ4n) is 2.81. The van der Waals surface area contributed by atoms with Crippen molar-refractivity contribution in [1.29, 1.82) is 0 Å². The van der Waals surface area contributed by atoms with Gasteiger partial charge in [-0.2, -0.15) is 0 Å². The molecule has 1 atom stereocenters. The molecule has 8 nitrogen and oxygen atoms in total. The maximum absolute atomic E-state index is 12.1. The third kappa shape index (κ3) is 5.12. The van der Waals surface area contributed by atoms with E-state index in [2.05, 4.69) is 25.7 Å². The van der Waals surface area contributed by atoms with Crippen LogP contribution in [0.4, 0.5) is 5.82 Å². The van der Waals surface area contributed by atoms with Gasteiger partial charge in [-0.15, -0.1) is 10.2 Å². The molecule has 2 aliphatic heterocycles. The SMILES string of the molecule is O=C(NCCN1CCOCC1)c1ccc(NCC2CCCO2)nn1.